The number of anilines is 1. The molecule has 0 aliphatic rings. The molecule has 0 spiro atoms. The van der Waals surface area contributed by atoms with Crippen molar-refractivity contribution in [1.82, 2.24) is 0 Å². The molecule has 0 saturated carbocycles. The van der Waals surface area contributed by atoms with Crippen molar-refractivity contribution in [3.8, 4) is 5.75 Å². The van der Waals surface area contributed by atoms with Crippen LogP contribution in [0.15, 0.2) is 24.3 Å². The lowest BCUT2D eigenvalue weighted by Crippen LogP contribution is -2.34. The Labute approximate surface area is 135 Å². The second-order valence-electron chi connectivity index (χ2n) is 6.68. The molecule has 1 amide bonds. The molecule has 3 nitrogen and oxygen atoms in total. The minimum atomic E-state index is -4.75. The molecule has 0 saturated heterocycles. The fourth-order valence-corrected chi connectivity index (χ4v) is 2.11. The summed E-state index contributed by atoms with van der Waals surface area (Å²) >= 11 is 0. The molecular weight excluding hydrogens is 307 g/mol. The van der Waals surface area contributed by atoms with Crippen molar-refractivity contribution in [2.24, 2.45) is 5.41 Å². The number of hydrogen-bond donors (Lipinski definition) is 0. The third-order valence-electron chi connectivity index (χ3n) is 3.08. The van der Waals surface area contributed by atoms with Crippen LogP contribution in [-0.4, -0.2) is 18.8 Å². The Morgan fingerprint density at radius 2 is 1.87 bits per heavy atom. The monoisotopic (exact) mass is 331 g/mol. The number of unbranched alkanes of at least 4 members (excludes halogenated alkanes) is 1. The van der Waals surface area contributed by atoms with E-state index < -0.39 is 6.36 Å². The second kappa shape index (κ2) is 7.70. The SMILES string of the molecule is CCCCN(C(=O)CC(C)(C)C)c1cccc(OC(F)(F)F)c1. The molecule has 0 atom stereocenters. The van der Waals surface area contributed by atoms with Gasteiger partial charge in [0.15, 0.2) is 0 Å². The van der Waals surface area contributed by atoms with Crippen LogP contribution in [0.4, 0.5) is 18.9 Å². The van der Waals surface area contributed by atoms with Gasteiger partial charge in [-0.15, -0.1) is 13.2 Å². The number of alkyl halides is 3. The van der Waals surface area contributed by atoms with E-state index in [0.29, 0.717) is 18.7 Å². The summed E-state index contributed by atoms with van der Waals surface area (Å²) < 4.78 is 41.0. The van der Waals surface area contributed by atoms with Gasteiger partial charge in [0.2, 0.25) is 5.91 Å². The molecule has 1 aromatic rings. The molecule has 0 aliphatic heterocycles. The summed E-state index contributed by atoms with van der Waals surface area (Å²) in [5, 5.41) is 0. The van der Waals surface area contributed by atoms with Gasteiger partial charge in [-0.2, -0.15) is 0 Å². The van der Waals surface area contributed by atoms with E-state index in [2.05, 4.69) is 4.74 Å². The molecule has 0 fully saturated rings. The molecular formula is C17H24F3NO2. The first-order valence-electron chi connectivity index (χ1n) is 7.68. The number of carbonyl (C=O) groups is 1. The van der Waals surface area contributed by atoms with Crippen LogP contribution in [0.3, 0.4) is 0 Å². The molecule has 0 unspecified atom stereocenters. The van der Waals surface area contributed by atoms with Crippen molar-refractivity contribution in [3.05, 3.63) is 24.3 Å². The smallest absolute Gasteiger partial charge is 0.406 e. The minimum Gasteiger partial charge on any atom is -0.406 e. The normalized spacial score (nSPS) is 12.1. The maximum atomic E-state index is 12.5. The predicted octanol–water partition coefficient (Wildman–Crippen LogP) is 5.15. The molecule has 0 aromatic heterocycles. The van der Waals surface area contributed by atoms with Crippen LogP contribution in [0, 0.1) is 5.41 Å². The first-order chi connectivity index (χ1) is 10.5. The van der Waals surface area contributed by atoms with E-state index >= 15 is 0 Å². The summed E-state index contributed by atoms with van der Waals surface area (Å²) in [6.45, 7) is 8.32. The lowest BCUT2D eigenvalue weighted by atomic mass is 9.91. The van der Waals surface area contributed by atoms with E-state index in [-0.39, 0.29) is 17.1 Å². The van der Waals surface area contributed by atoms with Gasteiger partial charge >= 0.3 is 6.36 Å². The number of halogens is 3. The van der Waals surface area contributed by atoms with Gasteiger partial charge in [-0.25, -0.2) is 0 Å². The van der Waals surface area contributed by atoms with Crippen LogP contribution in [0.2, 0.25) is 0 Å². The van der Waals surface area contributed by atoms with Gasteiger partial charge in [0.05, 0.1) is 0 Å². The lowest BCUT2D eigenvalue weighted by molar-refractivity contribution is -0.274. The maximum Gasteiger partial charge on any atom is 0.573 e. The van der Waals surface area contributed by atoms with Crippen LogP contribution in [0.5, 0.6) is 5.75 Å². The topological polar surface area (TPSA) is 29.5 Å². The number of rotatable bonds is 6. The zero-order valence-electron chi connectivity index (χ0n) is 14.0. The molecule has 0 aliphatic carbocycles. The van der Waals surface area contributed by atoms with Crippen LogP contribution < -0.4 is 9.64 Å². The number of nitrogens with zero attached hydrogens (tertiary/aromatic N) is 1. The Morgan fingerprint density at radius 1 is 1.22 bits per heavy atom. The van der Waals surface area contributed by atoms with Gasteiger partial charge in [0.25, 0.3) is 0 Å². The molecule has 23 heavy (non-hydrogen) atoms. The molecule has 6 heteroatoms. The molecule has 0 heterocycles. The third kappa shape index (κ3) is 7.39. The summed E-state index contributed by atoms with van der Waals surface area (Å²) in [6, 6.07) is 5.56. The number of benzene rings is 1. The van der Waals surface area contributed by atoms with Gasteiger partial charge < -0.3 is 9.64 Å². The summed E-state index contributed by atoms with van der Waals surface area (Å²) in [6.07, 6.45) is -2.76. The highest BCUT2D eigenvalue weighted by molar-refractivity contribution is 5.93. The molecule has 130 valence electrons. The Hall–Kier alpha value is -1.72. The van der Waals surface area contributed by atoms with Crippen LogP contribution >= 0.6 is 0 Å². The Kier molecular flexibility index (Phi) is 6.47. The quantitative estimate of drug-likeness (QED) is 0.721. The van der Waals surface area contributed by atoms with Crippen LogP contribution in [0.25, 0.3) is 0 Å². The summed E-state index contributed by atoms with van der Waals surface area (Å²) in [5.41, 5.74) is 0.233. The fraction of sp³-hybridized carbons (Fsp3) is 0.588. The van der Waals surface area contributed by atoms with E-state index in [0.717, 1.165) is 12.8 Å². The summed E-state index contributed by atoms with van der Waals surface area (Å²) in [7, 11) is 0. The average Bonchev–Trinajstić information content (AvgIpc) is 2.35. The van der Waals surface area contributed by atoms with Crippen LogP contribution in [-0.2, 0) is 4.79 Å². The van der Waals surface area contributed by atoms with E-state index in [9.17, 15) is 18.0 Å². The fourth-order valence-electron chi connectivity index (χ4n) is 2.11. The third-order valence-corrected chi connectivity index (χ3v) is 3.08. The van der Waals surface area contributed by atoms with E-state index in [1.165, 1.54) is 23.1 Å². The van der Waals surface area contributed by atoms with E-state index in [1.807, 2.05) is 27.7 Å². The largest absolute Gasteiger partial charge is 0.573 e. The van der Waals surface area contributed by atoms with Crippen molar-refractivity contribution in [1.29, 1.82) is 0 Å². The minimum absolute atomic E-state index is 0.102. The number of ether oxygens (including phenoxy) is 1. The van der Waals surface area contributed by atoms with Gasteiger partial charge in [0.1, 0.15) is 5.75 Å². The van der Waals surface area contributed by atoms with Crippen molar-refractivity contribution in [2.75, 3.05) is 11.4 Å². The number of amides is 1. The van der Waals surface area contributed by atoms with Gasteiger partial charge in [0, 0.05) is 24.7 Å². The summed E-state index contributed by atoms with van der Waals surface area (Å²) in [5.74, 6) is -0.421. The summed E-state index contributed by atoms with van der Waals surface area (Å²) in [4.78, 5) is 14.1. The highest BCUT2D eigenvalue weighted by atomic mass is 19.4. The Morgan fingerprint density at radius 3 is 2.39 bits per heavy atom. The highest BCUT2D eigenvalue weighted by Gasteiger charge is 2.31. The number of hydrogen-bond acceptors (Lipinski definition) is 2. The highest BCUT2D eigenvalue weighted by Crippen LogP contribution is 2.29. The van der Waals surface area contributed by atoms with Gasteiger partial charge in [-0.05, 0) is 24.0 Å². The van der Waals surface area contributed by atoms with Crippen molar-refractivity contribution < 1.29 is 22.7 Å². The standard InChI is InChI=1S/C17H24F3NO2/c1-5-6-10-21(15(22)12-16(2,3)4)13-8-7-9-14(11-13)23-17(18,19)20/h7-9,11H,5-6,10,12H2,1-4H3. The molecule has 0 radical (unpaired) electrons. The number of carbonyl (C=O) groups excluding carboxylic acids is 1. The zero-order valence-corrected chi connectivity index (χ0v) is 14.0. The maximum absolute atomic E-state index is 12.5. The van der Waals surface area contributed by atoms with Gasteiger partial charge in [-0.1, -0.05) is 40.2 Å². The first kappa shape index (κ1) is 19.3. The molecule has 1 rings (SSSR count). The van der Waals surface area contributed by atoms with Gasteiger partial charge in [-0.3, -0.25) is 4.79 Å². The second-order valence-corrected chi connectivity index (χ2v) is 6.68. The van der Waals surface area contributed by atoms with Crippen molar-refractivity contribution in [3.63, 3.8) is 0 Å². The van der Waals surface area contributed by atoms with E-state index in [1.54, 1.807) is 6.07 Å². The zero-order chi connectivity index (χ0) is 17.7. The predicted molar refractivity (Wildman–Crippen MR) is 84.5 cm³/mol. The first-order valence-corrected chi connectivity index (χ1v) is 7.68. The average molecular weight is 331 g/mol. The Bertz CT molecular complexity index is 521. The molecule has 0 N–H and O–H groups in total. The van der Waals surface area contributed by atoms with Crippen LogP contribution in [0.1, 0.15) is 47.0 Å². The van der Waals surface area contributed by atoms with Crippen molar-refractivity contribution in [2.45, 2.75) is 53.3 Å². The van der Waals surface area contributed by atoms with Crippen molar-refractivity contribution >= 4 is 11.6 Å². The molecule has 0 bridgehead atoms. The molecule has 1 aromatic carbocycles. The van der Waals surface area contributed by atoms with E-state index in [4.69, 9.17) is 0 Å². The lowest BCUT2D eigenvalue weighted by Gasteiger charge is -2.27. The Balaban J connectivity index is 3.02.